The Morgan fingerprint density at radius 2 is 1.94 bits per heavy atom. The third kappa shape index (κ3) is 3.81. The average Bonchev–Trinajstić information content (AvgIpc) is 2.99. The summed E-state index contributed by atoms with van der Waals surface area (Å²) in [5.74, 6) is -1.19. The molecule has 1 atom stereocenters. The van der Waals surface area contributed by atoms with Crippen LogP contribution in [0.5, 0.6) is 0 Å². The number of nitrogens with zero attached hydrogens (tertiary/aromatic N) is 2. The van der Waals surface area contributed by atoms with Crippen LogP contribution in [-0.2, 0) is 9.59 Å². The maximum absolute atomic E-state index is 11.7. The number of carbonyl (C=O) groups excluding carboxylic acids is 1. The standard InChI is InChI=1S/C11H20N2O3/c1-8(11(15)16)6-12(2)7-10(14)13(3)9-4-5-9/h8-9H,4-7H2,1-3H3,(H,15,16). The molecule has 0 radical (unpaired) electrons. The average molecular weight is 228 g/mol. The molecule has 1 N–H and O–H groups in total. The lowest BCUT2D eigenvalue weighted by Gasteiger charge is -2.22. The number of likely N-dealkylation sites (N-methyl/N-ethyl adjacent to an activating group) is 2. The van der Waals surface area contributed by atoms with E-state index >= 15 is 0 Å². The van der Waals surface area contributed by atoms with Crippen molar-refractivity contribution in [3.8, 4) is 0 Å². The lowest BCUT2D eigenvalue weighted by molar-refractivity contribution is -0.142. The molecule has 0 aliphatic heterocycles. The Labute approximate surface area is 96.0 Å². The van der Waals surface area contributed by atoms with Gasteiger partial charge in [0.2, 0.25) is 5.91 Å². The zero-order chi connectivity index (χ0) is 12.3. The molecule has 0 spiro atoms. The van der Waals surface area contributed by atoms with Gasteiger partial charge in [0, 0.05) is 19.6 Å². The van der Waals surface area contributed by atoms with Crippen LogP contribution in [0.4, 0.5) is 0 Å². The molecule has 1 aliphatic carbocycles. The number of hydrogen-bond acceptors (Lipinski definition) is 3. The third-order valence-electron chi connectivity index (χ3n) is 2.90. The summed E-state index contributed by atoms with van der Waals surface area (Å²) in [6.07, 6.45) is 2.19. The minimum atomic E-state index is -0.824. The largest absolute Gasteiger partial charge is 0.481 e. The van der Waals surface area contributed by atoms with E-state index in [1.165, 1.54) is 0 Å². The first-order valence-electron chi connectivity index (χ1n) is 5.58. The Hall–Kier alpha value is -1.10. The van der Waals surface area contributed by atoms with E-state index in [0.717, 1.165) is 12.8 Å². The van der Waals surface area contributed by atoms with E-state index < -0.39 is 11.9 Å². The maximum atomic E-state index is 11.7. The van der Waals surface area contributed by atoms with Crippen LogP contribution in [0.1, 0.15) is 19.8 Å². The summed E-state index contributed by atoms with van der Waals surface area (Å²) < 4.78 is 0. The van der Waals surface area contributed by atoms with Crippen LogP contribution in [0, 0.1) is 5.92 Å². The molecule has 1 amide bonds. The van der Waals surface area contributed by atoms with Gasteiger partial charge in [0.15, 0.2) is 0 Å². The van der Waals surface area contributed by atoms with E-state index in [0.29, 0.717) is 19.1 Å². The van der Waals surface area contributed by atoms with E-state index in [2.05, 4.69) is 0 Å². The van der Waals surface area contributed by atoms with Crippen molar-refractivity contribution in [1.82, 2.24) is 9.80 Å². The summed E-state index contributed by atoms with van der Waals surface area (Å²) in [5.41, 5.74) is 0. The number of carboxylic acid groups (broad SMARTS) is 1. The van der Waals surface area contributed by atoms with Crippen molar-refractivity contribution in [2.45, 2.75) is 25.8 Å². The van der Waals surface area contributed by atoms with Crippen molar-refractivity contribution >= 4 is 11.9 Å². The molecule has 0 aromatic heterocycles. The summed E-state index contributed by atoms with van der Waals surface area (Å²) in [6.45, 7) is 2.35. The fourth-order valence-corrected chi connectivity index (χ4v) is 1.62. The number of carbonyl (C=O) groups is 2. The van der Waals surface area contributed by atoms with E-state index in [4.69, 9.17) is 5.11 Å². The molecule has 92 valence electrons. The third-order valence-corrected chi connectivity index (χ3v) is 2.90. The van der Waals surface area contributed by atoms with Gasteiger partial charge in [-0.25, -0.2) is 0 Å². The van der Waals surface area contributed by atoms with Crippen molar-refractivity contribution < 1.29 is 14.7 Å². The molecule has 5 nitrogen and oxygen atoms in total. The normalized spacial score (nSPS) is 17.2. The molecule has 0 bridgehead atoms. The second-order valence-corrected chi connectivity index (χ2v) is 4.67. The number of carboxylic acids is 1. The summed E-state index contributed by atoms with van der Waals surface area (Å²) in [4.78, 5) is 25.9. The zero-order valence-electron chi connectivity index (χ0n) is 10.1. The van der Waals surface area contributed by atoms with Crippen LogP contribution < -0.4 is 0 Å². The monoisotopic (exact) mass is 228 g/mol. The molecule has 0 aromatic carbocycles. The highest BCUT2D eigenvalue weighted by Crippen LogP contribution is 2.25. The summed E-state index contributed by atoms with van der Waals surface area (Å²) in [7, 11) is 3.59. The molecule has 0 heterocycles. The molecule has 16 heavy (non-hydrogen) atoms. The number of amides is 1. The van der Waals surface area contributed by atoms with Gasteiger partial charge in [-0.3, -0.25) is 14.5 Å². The molecule has 1 unspecified atom stereocenters. The van der Waals surface area contributed by atoms with E-state index in [-0.39, 0.29) is 5.91 Å². The Morgan fingerprint density at radius 1 is 1.38 bits per heavy atom. The zero-order valence-corrected chi connectivity index (χ0v) is 10.1. The number of aliphatic carboxylic acids is 1. The minimum Gasteiger partial charge on any atom is -0.481 e. The first kappa shape index (κ1) is 13.0. The molecule has 0 aromatic rings. The summed E-state index contributed by atoms with van der Waals surface area (Å²) in [5, 5.41) is 8.75. The van der Waals surface area contributed by atoms with Gasteiger partial charge >= 0.3 is 5.97 Å². The van der Waals surface area contributed by atoms with Crippen molar-refractivity contribution in [2.24, 2.45) is 5.92 Å². The topological polar surface area (TPSA) is 60.9 Å². The second-order valence-electron chi connectivity index (χ2n) is 4.67. The minimum absolute atomic E-state index is 0.0718. The fraction of sp³-hybridized carbons (Fsp3) is 0.818. The fourth-order valence-electron chi connectivity index (χ4n) is 1.62. The van der Waals surface area contributed by atoms with Crippen molar-refractivity contribution in [3.05, 3.63) is 0 Å². The molecule has 5 heteroatoms. The van der Waals surface area contributed by atoms with E-state index in [1.807, 2.05) is 7.05 Å². The molecule has 1 aliphatic rings. The summed E-state index contributed by atoms with van der Waals surface area (Å²) in [6, 6.07) is 0.415. The number of hydrogen-bond donors (Lipinski definition) is 1. The smallest absolute Gasteiger partial charge is 0.307 e. The first-order valence-corrected chi connectivity index (χ1v) is 5.58. The predicted octanol–water partition coefficient (Wildman–Crippen LogP) is 0.260. The van der Waals surface area contributed by atoms with Gasteiger partial charge in [0.25, 0.3) is 0 Å². The molecule has 1 rings (SSSR count). The van der Waals surface area contributed by atoms with Crippen molar-refractivity contribution in [3.63, 3.8) is 0 Å². The van der Waals surface area contributed by atoms with Crippen LogP contribution in [0.15, 0.2) is 0 Å². The Bertz CT molecular complexity index is 276. The molecule has 1 fully saturated rings. The number of rotatable bonds is 6. The van der Waals surface area contributed by atoms with Crippen LogP contribution >= 0.6 is 0 Å². The SMILES string of the molecule is CC(CN(C)CC(=O)N(C)C1CC1)C(=O)O. The molecule has 1 saturated carbocycles. The first-order chi connectivity index (χ1) is 7.41. The highest BCUT2D eigenvalue weighted by atomic mass is 16.4. The highest BCUT2D eigenvalue weighted by Gasteiger charge is 2.29. The van der Waals surface area contributed by atoms with Gasteiger partial charge in [-0.2, -0.15) is 0 Å². The lowest BCUT2D eigenvalue weighted by atomic mass is 10.2. The van der Waals surface area contributed by atoms with Crippen LogP contribution in [0.3, 0.4) is 0 Å². The van der Waals surface area contributed by atoms with Crippen LogP contribution in [0.25, 0.3) is 0 Å². The summed E-state index contributed by atoms with van der Waals surface area (Å²) >= 11 is 0. The van der Waals surface area contributed by atoms with E-state index in [1.54, 1.807) is 23.8 Å². The van der Waals surface area contributed by atoms with Gasteiger partial charge in [0.1, 0.15) is 0 Å². The molecular weight excluding hydrogens is 208 g/mol. The molecule has 0 saturated heterocycles. The Kier molecular flexibility index (Phi) is 4.29. The van der Waals surface area contributed by atoms with Gasteiger partial charge in [-0.05, 0) is 19.9 Å². The maximum Gasteiger partial charge on any atom is 0.307 e. The van der Waals surface area contributed by atoms with Gasteiger partial charge in [-0.15, -0.1) is 0 Å². The second kappa shape index (κ2) is 5.30. The van der Waals surface area contributed by atoms with Gasteiger partial charge < -0.3 is 10.0 Å². The van der Waals surface area contributed by atoms with E-state index in [9.17, 15) is 9.59 Å². The van der Waals surface area contributed by atoms with Crippen molar-refractivity contribution in [2.75, 3.05) is 27.2 Å². The highest BCUT2D eigenvalue weighted by molar-refractivity contribution is 5.78. The van der Waals surface area contributed by atoms with Crippen LogP contribution in [-0.4, -0.2) is 60.0 Å². The quantitative estimate of drug-likeness (QED) is 0.708. The van der Waals surface area contributed by atoms with Gasteiger partial charge in [-0.1, -0.05) is 6.92 Å². The van der Waals surface area contributed by atoms with Crippen molar-refractivity contribution in [1.29, 1.82) is 0 Å². The Morgan fingerprint density at radius 3 is 2.38 bits per heavy atom. The lowest BCUT2D eigenvalue weighted by Crippen LogP contribution is -2.40. The predicted molar refractivity (Wildman–Crippen MR) is 60.1 cm³/mol. The molecular formula is C11H20N2O3. The van der Waals surface area contributed by atoms with Crippen LogP contribution in [0.2, 0.25) is 0 Å². The van der Waals surface area contributed by atoms with Gasteiger partial charge in [0.05, 0.1) is 12.5 Å². The Balaban J connectivity index is 2.29.